The molecule has 0 radical (unpaired) electrons. The maximum absolute atomic E-state index is 9.75. The van der Waals surface area contributed by atoms with E-state index in [1.54, 1.807) is 90.1 Å². The van der Waals surface area contributed by atoms with Gasteiger partial charge in [0.05, 0.1) is 14.6 Å². The predicted molar refractivity (Wildman–Crippen MR) is 176 cm³/mol. The minimum atomic E-state index is -5.50. The van der Waals surface area contributed by atoms with E-state index < -0.39 is 60.2 Å². The van der Waals surface area contributed by atoms with Crippen molar-refractivity contribution in [2.24, 2.45) is 0 Å². The Labute approximate surface area is 363 Å². The minimum absolute atomic E-state index is 1.37. The second-order valence-electron chi connectivity index (χ2n) is 8.59. The maximum atomic E-state index is 9.75. The molecule has 0 amide bonds. The van der Waals surface area contributed by atoms with E-state index in [-0.39, 0.29) is 0 Å². The summed E-state index contributed by atoms with van der Waals surface area (Å²) < 4.78 is 64.2. The van der Waals surface area contributed by atoms with Crippen molar-refractivity contribution < 1.29 is 86.1 Å². The van der Waals surface area contributed by atoms with Crippen molar-refractivity contribution in [3.8, 4) is 0 Å². The summed E-state index contributed by atoms with van der Waals surface area (Å²) in [6, 6.07) is 0. The SMILES string of the molecule is CCC[CH2][Sn+3].CCC[CH2][Sn+3].CCC[CH2][Sn+3].CCC[CH2][Sn+3].O=P([O-])([O-])C(Cl)P(=O)([O-])[O-].O=P([O-])([O-])C(Cl)P(=O)([O-])[O-].O=P([O-])([O-])C(Cl)P(=O)([O-])[O-]. The van der Waals surface area contributed by atoms with Gasteiger partial charge in [-0.2, -0.15) is 0 Å². The van der Waals surface area contributed by atoms with Crippen molar-refractivity contribution in [2.75, 3.05) is 0 Å². The molecule has 0 aliphatic rings. The third kappa shape index (κ3) is 59.7. The molecular formula is C19H39Cl3O18P6Sn4. The zero-order valence-electron chi connectivity index (χ0n) is 27.4. The van der Waals surface area contributed by atoms with Gasteiger partial charge in [0, 0.05) is 0 Å². The first kappa shape index (κ1) is 69.6. The maximum Gasteiger partial charge on any atom is 0.0879 e. The summed E-state index contributed by atoms with van der Waals surface area (Å²) >= 11 is 20.1. The summed E-state index contributed by atoms with van der Waals surface area (Å²) in [5, 5.41) is 0. The molecule has 50 heavy (non-hydrogen) atoms. The van der Waals surface area contributed by atoms with Crippen LogP contribution in [0.25, 0.3) is 0 Å². The number of hydrogen-bond donors (Lipinski definition) is 0. The summed E-state index contributed by atoms with van der Waals surface area (Å²) in [7, 11) is -33.0. The largest absolute Gasteiger partial charge is 0.809 e. The van der Waals surface area contributed by atoms with E-state index in [0.717, 1.165) is 0 Å². The molecule has 0 aliphatic heterocycles. The molecule has 31 heteroatoms. The van der Waals surface area contributed by atoms with E-state index >= 15 is 0 Å². The van der Waals surface area contributed by atoms with Crippen molar-refractivity contribution in [2.45, 2.75) is 111 Å². The van der Waals surface area contributed by atoms with E-state index in [2.05, 4.69) is 62.5 Å². The Morgan fingerprint density at radius 1 is 0.360 bits per heavy atom. The van der Waals surface area contributed by atoms with Crippen LogP contribution in [0.3, 0.4) is 0 Å². The molecule has 0 heterocycles. The molecule has 290 valence electrons. The van der Waals surface area contributed by atoms with Crippen molar-refractivity contribution in [1.82, 2.24) is 0 Å². The molecule has 0 aromatic heterocycles. The van der Waals surface area contributed by atoms with E-state index in [1.807, 2.05) is 0 Å². The summed E-state index contributed by atoms with van der Waals surface area (Å²) in [6.45, 7) is 8.90. The number of alkyl halides is 3. The molecular weight excluding hydrogens is 1280 g/mol. The molecule has 0 aromatic carbocycles. The van der Waals surface area contributed by atoms with Gasteiger partial charge >= 0.3 is 187 Å². The number of rotatable bonds is 14. The molecule has 0 unspecified atom stereocenters. The second-order valence-corrected chi connectivity index (χ2v) is 28.2. The van der Waals surface area contributed by atoms with Gasteiger partial charge in [0.1, 0.15) is 0 Å². The molecule has 0 atom stereocenters. The van der Waals surface area contributed by atoms with Crippen LogP contribution in [-0.4, -0.2) is 105 Å². The Bertz CT molecular complexity index is 846. The van der Waals surface area contributed by atoms with Crippen molar-refractivity contribution in [3.05, 3.63) is 0 Å². The van der Waals surface area contributed by atoms with E-state index in [4.69, 9.17) is 0 Å². The molecule has 0 saturated carbocycles. The van der Waals surface area contributed by atoms with Crippen LogP contribution in [0.4, 0.5) is 0 Å². The van der Waals surface area contributed by atoms with Gasteiger partial charge in [-0.15, -0.1) is 34.8 Å². The molecule has 0 N–H and O–H groups in total. The fourth-order valence-electron chi connectivity index (χ4n) is 1.23. The van der Waals surface area contributed by atoms with Gasteiger partial charge in [-0.05, 0) is 45.6 Å². The Kier molecular flexibility index (Phi) is 54.9. The van der Waals surface area contributed by atoms with Gasteiger partial charge in [-0.25, -0.2) is 0 Å². The van der Waals surface area contributed by atoms with Crippen LogP contribution in [0.5, 0.6) is 0 Å². The molecule has 0 bridgehead atoms. The fourth-order valence-corrected chi connectivity index (χ4v) is 9.42. The Hall–Kier alpha value is 4.96. The molecule has 0 aliphatic carbocycles. The molecule has 0 fully saturated rings. The van der Waals surface area contributed by atoms with Crippen molar-refractivity contribution in [3.63, 3.8) is 0 Å². The summed E-state index contributed by atoms with van der Waals surface area (Å²) in [4.78, 5) is 108. The summed E-state index contributed by atoms with van der Waals surface area (Å²) in [5.74, 6) is 0. The molecule has 0 rings (SSSR count). The van der Waals surface area contributed by atoms with Gasteiger partial charge in [0.25, 0.3) is 0 Å². The summed E-state index contributed by atoms with van der Waals surface area (Å²) in [5.41, 5.74) is 0. The van der Waals surface area contributed by atoms with Crippen LogP contribution in [0.2, 0.25) is 17.7 Å². The topological polar surface area (TPSA) is 379 Å². The average Bonchev–Trinajstić information content (AvgIpc) is 2.93. The summed E-state index contributed by atoms with van der Waals surface area (Å²) in [6.07, 6.45) is 11.2. The fraction of sp³-hybridized carbons (Fsp3) is 1.00. The molecule has 18 nitrogen and oxygen atoms in total. The Morgan fingerprint density at radius 3 is 0.460 bits per heavy atom. The zero-order valence-corrected chi connectivity index (χ0v) is 46.4. The average molecular weight is 1320 g/mol. The number of unbranched alkanes of at least 4 members (excludes halogenated alkanes) is 4. The minimum Gasteiger partial charge on any atom is -0.809 e. The first-order valence-electron chi connectivity index (χ1n) is 13.7. The van der Waals surface area contributed by atoms with Crippen LogP contribution in [-0.2, 0) is 27.4 Å². The van der Waals surface area contributed by atoms with Crippen molar-refractivity contribution in [1.29, 1.82) is 0 Å². The van der Waals surface area contributed by atoms with Gasteiger partial charge in [-0.1, -0.05) is 0 Å². The first-order valence-corrected chi connectivity index (χ1v) is 32.8. The van der Waals surface area contributed by atoms with Crippen LogP contribution < -0.4 is 58.7 Å². The molecule has 0 spiro atoms. The Balaban J connectivity index is -0.0000000886. The zero-order chi connectivity index (χ0) is 42.2. The van der Waals surface area contributed by atoms with Crippen LogP contribution in [0.15, 0.2) is 0 Å². The van der Waals surface area contributed by atoms with Crippen LogP contribution >= 0.6 is 80.4 Å². The van der Waals surface area contributed by atoms with E-state index in [1.165, 1.54) is 69.1 Å². The van der Waals surface area contributed by atoms with E-state index in [9.17, 15) is 86.1 Å². The van der Waals surface area contributed by atoms with Gasteiger partial charge in [0.15, 0.2) is 0 Å². The standard InChI is InChI=1S/4C4H9.3CH5ClO6P2.4Sn/c4*1-3-4-2;3*2-1(9(3,4)5)10(6,7)8;;;;/h4*1,3-4H2,2H3;3*1H,(H2,3,4,5)(H2,6,7,8);;;;/q;;;;;;;4*+3/p-12. The van der Waals surface area contributed by atoms with E-state index in [0.29, 0.717) is 0 Å². The Morgan fingerprint density at radius 2 is 0.460 bits per heavy atom. The quantitative estimate of drug-likeness (QED) is 0.0986. The van der Waals surface area contributed by atoms with Gasteiger partial charge < -0.3 is 86.1 Å². The first-order chi connectivity index (χ1) is 22.1. The third-order valence-corrected chi connectivity index (χ3v) is 20.2. The number of hydrogen-bond acceptors (Lipinski definition) is 18. The second kappa shape index (κ2) is 39.4. The third-order valence-electron chi connectivity index (χ3n) is 3.69. The van der Waals surface area contributed by atoms with Gasteiger partial charge in [0.2, 0.25) is 0 Å². The smallest absolute Gasteiger partial charge is 0.0879 e. The van der Waals surface area contributed by atoms with Gasteiger partial charge in [-0.3, -0.25) is 0 Å². The number of halogens is 3. The normalized spacial score (nSPS) is 12.0. The monoisotopic (exact) mass is 1330 g/mol. The van der Waals surface area contributed by atoms with Crippen LogP contribution in [0.1, 0.15) is 79.1 Å². The predicted octanol–water partition coefficient (Wildman–Crippen LogP) is -2.50. The molecule has 0 aromatic rings. The van der Waals surface area contributed by atoms with Crippen molar-refractivity contribution >= 4 is 170 Å². The van der Waals surface area contributed by atoms with Crippen LogP contribution in [0, 0.1) is 0 Å². The molecule has 0 saturated heterocycles.